The van der Waals surface area contributed by atoms with Crippen LogP contribution in [0.3, 0.4) is 0 Å². The highest BCUT2D eigenvalue weighted by molar-refractivity contribution is 7.97. The lowest BCUT2D eigenvalue weighted by Gasteiger charge is -2.41. The van der Waals surface area contributed by atoms with Gasteiger partial charge in [-0.1, -0.05) is 11.3 Å². The third-order valence-electron chi connectivity index (χ3n) is 6.29. The van der Waals surface area contributed by atoms with Gasteiger partial charge in [-0.05, 0) is 56.8 Å². The summed E-state index contributed by atoms with van der Waals surface area (Å²) in [7, 11) is 0.500. The number of hydrogen-bond donors (Lipinski definition) is 2. The largest absolute Gasteiger partial charge is 0.364 e. The molecule has 2 fully saturated rings. The van der Waals surface area contributed by atoms with Crippen LogP contribution >= 0.6 is 23.3 Å². The molecule has 34 heavy (non-hydrogen) atoms. The van der Waals surface area contributed by atoms with E-state index >= 15 is 0 Å². The maximum atomic E-state index is 13.6. The number of aromatic nitrogens is 3. The molecular formula is C22H28F4N6S2. The fraction of sp³-hybridized carbons (Fsp3) is 0.545. The van der Waals surface area contributed by atoms with Gasteiger partial charge in [0.25, 0.3) is 6.43 Å². The summed E-state index contributed by atoms with van der Waals surface area (Å²) in [5.41, 5.74) is 2.79. The van der Waals surface area contributed by atoms with E-state index in [1.807, 2.05) is 29.7 Å². The third-order valence-corrected chi connectivity index (χ3v) is 8.29. The molecule has 2 aliphatic rings. The number of fused-ring (bicyclic) bond motifs is 1. The predicted octanol–water partition coefficient (Wildman–Crippen LogP) is 5.27. The van der Waals surface area contributed by atoms with E-state index in [1.54, 1.807) is 11.9 Å². The number of rotatable bonds is 7. The fourth-order valence-electron chi connectivity index (χ4n) is 4.01. The lowest BCUT2D eigenvalue weighted by Crippen LogP contribution is -2.57. The van der Waals surface area contributed by atoms with Gasteiger partial charge in [0.15, 0.2) is 10.0 Å². The first-order valence-electron chi connectivity index (χ1n) is 11.0. The van der Waals surface area contributed by atoms with Crippen LogP contribution < -0.4 is 14.9 Å². The molecule has 0 radical (unpaired) electrons. The second kappa shape index (κ2) is 10.4. The molecule has 1 aliphatic heterocycles. The van der Waals surface area contributed by atoms with Gasteiger partial charge in [0.1, 0.15) is 6.67 Å². The van der Waals surface area contributed by atoms with Gasteiger partial charge in [-0.3, -0.25) is 9.11 Å². The molecule has 2 unspecified atom stereocenters. The molecule has 3 aromatic heterocycles. The number of anilines is 1. The maximum absolute atomic E-state index is 13.6. The number of pyridine rings is 1. The Morgan fingerprint density at radius 2 is 2.06 bits per heavy atom. The average Bonchev–Trinajstić information content (AvgIpc) is 3.22. The van der Waals surface area contributed by atoms with Crippen LogP contribution in [0.25, 0.3) is 16.2 Å². The molecule has 5 rings (SSSR count). The molecule has 6 nitrogen and oxygen atoms in total. The van der Waals surface area contributed by atoms with Gasteiger partial charge in [-0.25, -0.2) is 13.2 Å². The van der Waals surface area contributed by atoms with E-state index in [0.717, 1.165) is 52.5 Å². The summed E-state index contributed by atoms with van der Waals surface area (Å²) in [5.74, 6) is 0. The summed E-state index contributed by atoms with van der Waals surface area (Å²) >= 11 is 2.47. The second-order valence-electron chi connectivity index (χ2n) is 8.69. The minimum atomic E-state index is -2.64. The summed E-state index contributed by atoms with van der Waals surface area (Å²) in [6.45, 7) is 5.23. The Bertz CT molecular complexity index is 1120. The van der Waals surface area contributed by atoms with E-state index in [-0.39, 0.29) is 22.6 Å². The van der Waals surface area contributed by atoms with E-state index in [9.17, 15) is 17.6 Å². The quantitative estimate of drug-likeness (QED) is 0.330. The van der Waals surface area contributed by atoms with E-state index in [0.29, 0.717) is 18.7 Å². The van der Waals surface area contributed by atoms with Crippen molar-refractivity contribution >= 4 is 34.5 Å². The van der Waals surface area contributed by atoms with Crippen molar-refractivity contribution < 1.29 is 17.6 Å². The number of nitrogens with zero attached hydrogens (tertiary/aromatic N) is 4. The zero-order chi connectivity index (χ0) is 24.5. The number of hydrogen-bond acceptors (Lipinski definition) is 7. The van der Waals surface area contributed by atoms with Crippen molar-refractivity contribution in [1.82, 2.24) is 24.6 Å². The Hall–Kier alpha value is -1.89. The second-order valence-corrected chi connectivity index (χ2v) is 10.6. The fourth-order valence-corrected chi connectivity index (χ4v) is 5.63. The summed E-state index contributed by atoms with van der Waals surface area (Å²) < 4.78 is 54.8. The SMILES string of the molecule is CC1C(CF)NCCN1c1cc(SNC2(C)CC2)cn2c(-c3nnc(C(F)F)s3)ccc12.CF. The molecule has 1 saturated heterocycles. The Labute approximate surface area is 204 Å². The Kier molecular flexibility index (Phi) is 7.70. The van der Waals surface area contributed by atoms with Crippen LogP contribution in [0.1, 0.15) is 38.1 Å². The topological polar surface area (TPSA) is 57.5 Å². The van der Waals surface area contributed by atoms with E-state index in [1.165, 1.54) is 0 Å². The minimum absolute atomic E-state index is 0.0305. The number of nitrogens with one attached hydrogen (secondary N) is 2. The first-order chi connectivity index (χ1) is 16.4. The molecule has 1 saturated carbocycles. The van der Waals surface area contributed by atoms with Gasteiger partial charge >= 0.3 is 0 Å². The highest BCUT2D eigenvalue weighted by atomic mass is 32.2. The standard InChI is InChI=1S/C21H25F3N6S2.CH3F/c1-12-14(10-22)25-7-8-29(12)17-9-13(32-28-21(2)5-6-21)11-30-15(17)3-4-16(30)19-26-27-20(31-19)18(23)24;1-2/h3-4,9,11-12,14,18,25,28H,5-8,10H2,1-2H3;1H3. The van der Waals surface area contributed by atoms with E-state index in [4.69, 9.17) is 0 Å². The van der Waals surface area contributed by atoms with E-state index < -0.39 is 13.1 Å². The predicted molar refractivity (Wildman–Crippen MR) is 129 cm³/mol. The molecule has 186 valence electrons. The highest BCUT2D eigenvalue weighted by Crippen LogP contribution is 2.40. The number of piperazine rings is 1. The average molecular weight is 517 g/mol. The van der Waals surface area contributed by atoms with Gasteiger partial charge in [0.2, 0.25) is 0 Å². The van der Waals surface area contributed by atoms with Crippen LogP contribution in [0.2, 0.25) is 0 Å². The monoisotopic (exact) mass is 516 g/mol. The molecular weight excluding hydrogens is 488 g/mol. The van der Waals surface area contributed by atoms with Gasteiger partial charge in [0.05, 0.1) is 30.1 Å². The molecule has 2 atom stereocenters. The molecule has 4 heterocycles. The molecule has 12 heteroatoms. The van der Waals surface area contributed by atoms with Crippen molar-refractivity contribution in [3.05, 3.63) is 29.4 Å². The Morgan fingerprint density at radius 3 is 2.71 bits per heavy atom. The van der Waals surface area contributed by atoms with Crippen LogP contribution in [0.4, 0.5) is 23.2 Å². The van der Waals surface area contributed by atoms with Crippen LogP contribution in [0.15, 0.2) is 29.3 Å². The molecule has 0 bridgehead atoms. The zero-order valence-electron chi connectivity index (χ0n) is 19.2. The van der Waals surface area contributed by atoms with Crippen molar-refractivity contribution in [2.24, 2.45) is 0 Å². The maximum Gasteiger partial charge on any atom is 0.291 e. The van der Waals surface area contributed by atoms with Crippen molar-refractivity contribution in [3.8, 4) is 10.7 Å². The third kappa shape index (κ3) is 5.05. The number of alkyl halides is 4. The van der Waals surface area contributed by atoms with Gasteiger partial charge < -0.3 is 14.6 Å². The van der Waals surface area contributed by atoms with Crippen molar-refractivity contribution in [3.63, 3.8) is 0 Å². The summed E-state index contributed by atoms with van der Waals surface area (Å²) in [4.78, 5) is 3.23. The highest BCUT2D eigenvalue weighted by Gasteiger charge is 2.37. The molecule has 0 aromatic carbocycles. The van der Waals surface area contributed by atoms with Gasteiger partial charge in [-0.2, -0.15) is 0 Å². The Balaban J connectivity index is 0.00000133. The van der Waals surface area contributed by atoms with Gasteiger partial charge in [-0.15, -0.1) is 10.2 Å². The molecule has 1 aliphatic carbocycles. The molecule has 0 spiro atoms. The smallest absolute Gasteiger partial charge is 0.291 e. The summed E-state index contributed by atoms with van der Waals surface area (Å²) in [6.07, 6.45) is 1.63. The zero-order valence-corrected chi connectivity index (χ0v) is 20.8. The minimum Gasteiger partial charge on any atom is -0.364 e. The van der Waals surface area contributed by atoms with Crippen molar-refractivity contribution in [2.75, 3.05) is 31.8 Å². The van der Waals surface area contributed by atoms with E-state index in [2.05, 4.69) is 38.1 Å². The lowest BCUT2D eigenvalue weighted by molar-refractivity contribution is 0.150. The molecule has 0 amide bonds. The van der Waals surface area contributed by atoms with Crippen LogP contribution in [0, 0.1) is 0 Å². The summed E-state index contributed by atoms with van der Waals surface area (Å²) in [6, 6.07) is 5.71. The Morgan fingerprint density at radius 1 is 1.29 bits per heavy atom. The number of halogens is 4. The normalized spacial score (nSPS) is 21.6. The van der Waals surface area contributed by atoms with Crippen molar-refractivity contribution in [1.29, 1.82) is 0 Å². The van der Waals surface area contributed by atoms with Crippen LogP contribution in [-0.2, 0) is 0 Å². The van der Waals surface area contributed by atoms with Crippen LogP contribution in [-0.4, -0.2) is 59.2 Å². The lowest BCUT2D eigenvalue weighted by atomic mass is 10.1. The molecule has 2 N–H and O–H groups in total. The molecule has 3 aromatic rings. The first-order valence-corrected chi connectivity index (χ1v) is 12.7. The van der Waals surface area contributed by atoms with Crippen LogP contribution in [0.5, 0.6) is 0 Å². The summed E-state index contributed by atoms with van der Waals surface area (Å²) in [5, 5.41) is 11.1. The first kappa shape index (κ1) is 25.2. The van der Waals surface area contributed by atoms with Crippen molar-refractivity contribution in [2.45, 2.75) is 55.6 Å². The van der Waals surface area contributed by atoms with Gasteiger partial charge in [0, 0.05) is 35.8 Å².